The zero-order valence-corrected chi connectivity index (χ0v) is 16.1. The van der Waals surface area contributed by atoms with Gasteiger partial charge in [-0.15, -0.1) is 0 Å². The van der Waals surface area contributed by atoms with Gasteiger partial charge in [0.05, 0.1) is 19.3 Å². The predicted octanol–water partition coefficient (Wildman–Crippen LogP) is 3.69. The monoisotopic (exact) mass is 371 g/mol. The first kappa shape index (κ1) is 20.3. The Morgan fingerprint density at radius 1 is 1.04 bits per heavy atom. The van der Waals surface area contributed by atoms with E-state index in [0.717, 1.165) is 5.69 Å². The van der Waals surface area contributed by atoms with E-state index in [1.165, 1.54) is 7.11 Å². The molecule has 6 nitrogen and oxygen atoms in total. The third-order valence-electron chi connectivity index (χ3n) is 3.98. The van der Waals surface area contributed by atoms with Gasteiger partial charge < -0.3 is 19.1 Å². The van der Waals surface area contributed by atoms with Crippen molar-refractivity contribution in [1.82, 2.24) is 0 Å². The van der Waals surface area contributed by atoms with Crippen LogP contribution in [0.15, 0.2) is 48.5 Å². The average molecular weight is 371 g/mol. The van der Waals surface area contributed by atoms with Crippen molar-refractivity contribution >= 4 is 17.6 Å². The summed E-state index contributed by atoms with van der Waals surface area (Å²) in [6.07, 6.45) is -0.921. The van der Waals surface area contributed by atoms with Gasteiger partial charge in [-0.3, -0.25) is 4.79 Å². The summed E-state index contributed by atoms with van der Waals surface area (Å²) in [4.78, 5) is 26.7. The Morgan fingerprint density at radius 2 is 1.74 bits per heavy atom. The third-order valence-corrected chi connectivity index (χ3v) is 3.98. The van der Waals surface area contributed by atoms with Gasteiger partial charge >= 0.3 is 5.97 Å². The highest BCUT2D eigenvalue weighted by Crippen LogP contribution is 2.28. The van der Waals surface area contributed by atoms with Crippen LogP contribution in [0, 0.1) is 0 Å². The highest BCUT2D eigenvalue weighted by molar-refractivity contribution is 5.99. The van der Waals surface area contributed by atoms with Crippen LogP contribution in [0.3, 0.4) is 0 Å². The van der Waals surface area contributed by atoms with Crippen LogP contribution in [0.2, 0.25) is 0 Å². The Balaban J connectivity index is 2.11. The van der Waals surface area contributed by atoms with E-state index in [9.17, 15) is 9.59 Å². The van der Waals surface area contributed by atoms with Crippen LogP contribution in [-0.4, -0.2) is 38.2 Å². The standard InChI is InChI=1S/C21H25NO5/c1-5-22(17-10-8-7-9-11-17)20(23)15(3)27-21(24)16-12-13-18(26-6-2)19(14-16)25-4/h7-15H,5-6H2,1-4H3/t15-/m0/s1. The number of carbonyl (C=O) groups is 2. The van der Waals surface area contributed by atoms with Gasteiger partial charge in [-0.05, 0) is 51.1 Å². The third kappa shape index (κ3) is 5.00. The van der Waals surface area contributed by atoms with E-state index in [0.29, 0.717) is 24.7 Å². The summed E-state index contributed by atoms with van der Waals surface area (Å²) in [7, 11) is 1.50. The molecule has 0 spiro atoms. The molecule has 0 aliphatic carbocycles. The zero-order chi connectivity index (χ0) is 19.8. The fourth-order valence-corrected chi connectivity index (χ4v) is 2.64. The number of ether oxygens (including phenoxy) is 3. The van der Waals surface area contributed by atoms with Crippen molar-refractivity contribution in [3.8, 4) is 11.5 Å². The number of likely N-dealkylation sites (N-methyl/N-ethyl adjacent to an activating group) is 1. The minimum absolute atomic E-state index is 0.282. The normalized spacial score (nSPS) is 11.4. The summed E-state index contributed by atoms with van der Waals surface area (Å²) in [6, 6.07) is 14.0. The van der Waals surface area contributed by atoms with E-state index in [4.69, 9.17) is 14.2 Å². The van der Waals surface area contributed by atoms with Gasteiger partial charge in [0.15, 0.2) is 17.6 Å². The largest absolute Gasteiger partial charge is 0.493 e. The summed E-state index contributed by atoms with van der Waals surface area (Å²) in [5.74, 6) is 0.0999. The first-order valence-electron chi connectivity index (χ1n) is 8.90. The molecule has 1 amide bonds. The number of rotatable bonds is 8. The lowest BCUT2D eigenvalue weighted by molar-refractivity contribution is -0.126. The molecular weight excluding hydrogens is 346 g/mol. The smallest absolute Gasteiger partial charge is 0.339 e. The first-order chi connectivity index (χ1) is 13.0. The van der Waals surface area contributed by atoms with Crippen molar-refractivity contribution < 1.29 is 23.8 Å². The van der Waals surface area contributed by atoms with E-state index >= 15 is 0 Å². The molecule has 0 aliphatic heterocycles. The van der Waals surface area contributed by atoms with Gasteiger partial charge in [0, 0.05) is 12.2 Å². The molecule has 2 aromatic carbocycles. The Hall–Kier alpha value is -3.02. The number of carbonyl (C=O) groups excluding carboxylic acids is 2. The fraction of sp³-hybridized carbons (Fsp3) is 0.333. The van der Waals surface area contributed by atoms with Crippen molar-refractivity contribution in [3.63, 3.8) is 0 Å². The Bertz CT molecular complexity index is 775. The Labute approximate surface area is 159 Å². The van der Waals surface area contributed by atoms with Gasteiger partial charge in [-0.1, -0.05) is 18.2 Å². The molecule has 0 heterocycles. The molecule has 2 rings (SSSR count). The molecule has 0 saturated carbocycles. The van der Waals surface area contributed by atoms with E-state index in [-0.39, 0.29) is 11.5 Å². The summed E-state index contributed by atoms with van der Waals surface area (Å²) < 4.78 is 16.1. The molecular formula is C21H25NO5. The number of anilines is 1. The summed E-state index contributed by atoms with van der Waals surface area (Å²) in [5, 5.41) is 0. The second kappa shape index (κ2) is 9.62. The molecule has 1 atom stereocenters. The SMILES string of the molecule is CCOc1ccc(C(=O)O[C@@H](C)C(=O)N(CC)c2ccccc2)cc1OC. The lowest BCUT2D eigenvalue weighted by Crippen LogP contribution is -2.40. The molecule has 0 aromatic heterocycles. The van der Waals surface area contributed by atoms with Gasteiger partial charge in [0.2, 0.25) is 0 Å². The number of para-hydroxylation sites is 1. The van der Waals surface area contributed by atoms with Crippen molar-refractivity contribution in [3.05, 3.63) is 54.1 Å². The Kier molecular flexibility index (Phi) is 7.23. The number of hydrogen-bond donors (Lipinski definition) is 0. The minimum atomic E-state index is -0.921. The fourth-order valence-electron chi connectivity index (χ4n) is 2.64. The first-order valence-corrected chi connectivity index (χ1v) is 8.90. The quantitative estimate of drug-likeness (QED) is 0.662. The van der Waals surface area contributed by atoms with Crippen LogP contribution in [0.4, 0.5) is 5.69 Å². The van der Waals surface area contributed by atoms with Crippen molar-refractivity contribution in [2.24, 2.45) is 0 Å². The number of benzene rings is 2. The average Bonchev–Trinajstić information content (AvgIpc) is 2.69. The maximum absolute atomic E-state index is 12.7. The molecule has 0 radical (unpaired) electrons. The van der Waals surface area contributed by atoms with Crippen LogP contribution >= 0.6 is 0 Å². The predicted molar refractivity (Wildman–Crippen MR) is 104 cm³/mol. The molecule has 144 valence electrons. The van der Waals surface area contributed by atoms with Crippen LogP contribution in [0.25, 0.3) is 0 Å². The van der Waals surface area contributed by atoms with Gasteiger partial charge in [-0.2, -0.15) is 0 Å². The lowest BCUT2D eigenvalue weighted by Gasteiger charge is -2.24. The number of methoxy groups -OCH3 is 1. The summed E-state index contributed by atoms with van der Waals surface area (Å²) in [6.45, 7) is 6.26. The van der Waals surface area contributed by atoms with Crippen molar-refractivity contribution in [1.29, 1.82) is 0 Å². The molecule has 27 heavy (non-hydrogen) atoms. The molecule has 0 N–H and O–H groups in total. The minimum Gasteiger partial charge on any atom is -0.493 e. The van der Waals surface area contributed by atoms with Gasteiger partial charge in [0.1, 0.15) is 0 Å². The van der Waals surface area contributed by atoms with Gasteiger partial charge in [0.25, 0.3) is 5.91 Å². The van der Waals surface area contributed by atoms with E-state index in [2.05, 4.69) is 0 Å². The number of amides is 1. The maximum atomic E-state index is 12.7. The van der Waals surface area contributed by atoms with Crippen LogP contribution in [-0.2, 0) is 9.53 Å². The van der Waals surface area contributed by atoms with E-state index < -0.39 is 12.1 Å². The maximum Gasteiger partial charge on any atom is 0.339 e. The molecule has 2 aromatic rings. The second-order valence-corrected chi connectivity index (χ2v) is 5.76. The molecule has 0 aliphatic rings. The topological polar surface area (TPSA) is 65.1 Å². The molecule has 0 fully saturated rings. The van der Waals surface area contributed by atoms with Crippen LogP contribution < -0.4 is 14.4 Å². The molecule has 0 unspecified atom stereocenters. The molecule has 0 saturated heterocycles. The highest BCUT2D eigenvalue weighted by atomic mass is 16.5. The van der Waals surface area contributed by atoms with Crippen molar-refractivity contribution in [2.75, 3.05) is 25.2 Å². The second-order valence-electron chi connectivity index (χ2n) is 5.76. The summed E-state index contributed by atoms with van der Waals surface area (Å²) in [5.41, 5.74) is 1.05. The lowest BCUT2D eigenvalue weighted by atomic mass is 10.2. The number of hydrogen-bond acceptors (Lipinski definition) is 5. The number of nitrogens with zero attached hydrogens (tertiary/aromatic N) is 1. The van der Waals surface area contributed by atoms with Gasteiger partial charge in [-0.25, -0.2) is 4.79 Å². The summed E-state index contributed by atoms with van der Waals surface area (Å²) >= 11 is 0. The number of esters is 1. The Morgan fingerprint density at radius 3 is 2.33 bits per heavy atom. The van der Waals surface area contributed by atoms with Crippen molar-refractivity contribution in [2.45, 2.75) is 26.9 Å². The van der Waals surface area contributed by atoms with E-state index in [1.807, 2.05) is 44.2 Å². The zero-order valence-electron chi connectivity index (χ0n) is 16.1. The van der Waals surface area contributed by atoms with Crippen LogP contribution in [0.1, 0.15) is 31.1 Å². The highest BCUT2D eigenvalue weighted by Gasteiger charge is 2.25. The van der Waals surface area contributed by atoms with E-state index in [1.54, 1.807) is 30.0 Å². The van der Waals surface area contributed by atoms with Crippen LogP contribution in [0.5, 0.6) is 11.5 Å². The molecule has 0 bridgehead atoms. The molecule has 6 heteroatoms.